The Labute approximate surface area is 486 Å². The summed E-state index contributed by atoms with van der Waals surface area (Å²) in [4.78, 5) is 21.6. The molecule has 8 rings (SSSR count). The van der Waals surface area contributed by atoms with Gasteiger partial charge in [0, 0.05) is 44.1 Å². The maximum Gasteiger partial charge on any atom is 0.303 e. The first-order chi connectivity index (χ1) is 39.3. The van der Waals surface area contributed by atoms with Gasteiger partial charge in [-0.25, -0.2) is 0 Å². The molecule has 3 N–H and O–H groups in total. The standard InChI is InChI=1S/C69H100N2O10/c1-70(42-30-26-22-18-14-10-6-8-12-16-20-24-28-32-65(72)73)44-40-54-49-61(78-4)63-51-57(54)58(70)46-52-34-37-56(38-35-52)80-62-48-53(36-39-60(62)77-3)47-59-67-55(50-64(79-5)68(76)69(67)81-63)41-45-71(59,2)43-31-27-23-19-15-11-7-9-13-17-21-25-29-33-66(74)75/h34-39,48-51,58-59H,6-33,40-47H2,1-5H3,(H-2,72,73,74,75,76)/p+2. The molecule has 0 aliphatic carbocycles. The third-order valence-corrected chi connectivity index (χ3v) is 18.5. The second-order valence-corrected chi connectivity index (χ2v) is 24.6. The van der Waals surface area contributed by atoms with Gasteiger partial charge in [-0.2, -0.15) is 0 Å². The number of quaternary nitrogens is 2. The second-order valence-electron chi connectivity index (χ2n) is 24.6. The molecule has 4 aromatic carbocycles. The largest absolute Gasteiger partial charge is 0.502 e. The number of nitrogens with zero attached hydrogens (tertiary/aromatic N) is 2. The van der Waals surface area contributed by atoms with Crippen LogP contribution >= 0.6 is 0 Å². The smallest absolute Gasteiger partial charge is 0.303 e. The number of hydrogen-bond donors (Lipinski definition) is 3. The SMILES string of the molecule is COc1ccc2cc1Oc1ccc(cc1)CC1c3cc(c(OC)cc3CC[N+]1(C)CCCCCCCCCCCCCCCC(=O)O)Oc1c(O)c(OC)cc3c1C(C2)[N+](C)(CCCCCCCCCCCCCCCC(=O)O)CC3. The van der Waals surface area contributed by atoms with Crippen LogP contribution in [0.15, 0.2) is 60.7 Å². The summed E-state index contributed by atoms with van der Waals surface area (Å²) in [6, 6.07) is 21.6. The van der Waals surface area contributed by atoms with Gasteiger partial charge in [-0.15, -0.1) is 0 Å². The second kappa shape index (κ2) is 32.4. The van der Waals surface area contributed by atoms with Gasteiger partial charge in [0.05, 0.1) is 67.2 Å². The van der Waals surface area contributed by atoms with E-state index >= 15 is 0 Å². The van der Waals surface area contributed by atoms with Crippen molar-refractivity contribution in [3.05, 3.63) is 94.0 Å². The molecule has 4 aliphatic rings. The van der Waals surface area contributed by atoms with Crippen LogP contribution < -0.4 is 23.7 Å². The Morgan fingerprint density at radius 1 is 0.481 bits per heavy atom. The fourth-order valence-corrected chi connectivity index (χ4v) is 13.5. The van der Waals surface area contributed by atoms with E-state index in [-0.39, 0.29) is 17.8 Å². The van der Waals surface area contributed by atoms with Crippen molar-refractivity contribution in [2.24, 2.45) is 0 Å². The third kappa shape index (κ3) is 18.5. The molecule has 4 aliphatic heterocycles. The van der Waals surface area contributed by atoms with Gasteiger partial charge in [0.1, 0.15) is 17.8 Å². The molecule has 12 heteroatoms. The molecular weight excluding hydrogens is 1020 g/mol. The molecule has 4 heterocycles. The zero-order chi connectivity index (χ0) is 57.5. The van der Waals surface area contributed by atoms with Crippen LogP contribution in [0.1, 0.15) is 225 Å². The van der Waals surface area contributed by atoms with Crippen molar-refractivity contribution in [2.75, 3.05) is 61.6 Å². The molecule has 4 atom stereocenters. The number of carbonyl (C=O) groups is 2. The van der Waals surface area contributed by atoms with Crippen molar-refractivity contribution in [1.82, 2.24) is 0 Å². The van der Waals surface area contributed by atoms with Crippen LogP contribution in [-0.4, -0.2) is 97.8 Å². The zero-order valence-electron chi connectivity index (χ0n) is 50.5. The maximum absolute atomic E-state index is 12.4. The molecule has 6 bridgehead atoms. The Bertz CT molecular complexity index is 2580. The lowest BCUT2D eigenvalue weighted by molar-refractivity contribution is -0.941. The summed E-state index contributed by atoms with van der Waals surface area (Å²) in [7, 11) is 9.92. The van der Waals surface area contributed by atoms with Gasteiger partial charge >= 0.3 is 11.9 Å². The number of methoxy groups -OCH3 is 3. The van der Waals surface area contributed by atoms with Gasteiger partial charge in [-0.1, -0.05) is 147 Å². The van der Waals surface area contributed by atoms with Crippen LogP contribution in [0.25, 0.3) is 0 Å². The van der Waals surface area contributed by atoms with Crippen LogP contribution in [0.4, 0.5) is 0 Å². The van der Waals surface area contributed by atoms with Crippen molar-refractivity contribution in [3.63, 3.8) is 0 Å². The van der Waals surface area contributed by atoms with E-state index in [0.717, 1.165) is 122 Å². The van der Waals surface area contributed by atoms with Crippen LogP contribution in [0.3, 0.4) is 0 Å². The van der Waals surface area contributed by atoms with E-state index in [1.165, 1.54) is 139 Å². The lowest BCUT2D eigenvalue weighted by Gasteiger charge is -2.47. The number of aliphatic carboxylic acids is 2. The minimum absolute atomic E-state index is 0.0109. The monoisotopic (exact) mass is 1120 g/mol. The van der Waals surface area contributed by atoms with E-state index in [2.05, 4.69) is 62.6 Å². The molecule has 4 aromatic rings. The molecule has 4 unspecified atom stereocenters. The average molecular weight is 1120 g/mol. The molecule has 0 radical (unpaired) electrons. The molecule has 446 valence electrons. The first kappa shape index (κ1) is 63.1. The maximum atomic E-state index is 12.4. The number of carboxylic acid groups (broad SMARTS) is 2. The number of fused-ring (bicyclic) bond motifs is 2. The average Bonchev–Trinajstić information content (AvgIpc) is 3.56. The van der Waals surface area contributed by atoms with Crippen molar-refractivity contribution < 1.29 is 57.6 Å². The number of hydrogen-bond acceptors (Lipinski definition) is 8. The highest BCUT2D eigenvalue weighted by Crippen LogP contribution is 2.53. The molecule has 0 spiro atoms. The molecule has 81 heavy (non-hydrogen) atoms. The molecular formula is C69H102N2O10+2. The number of likely N-dealkylation sites (N-methyl/N-ethyl adjacent to an activating group) is 2. The molecule has 0 saturated carbocycles. The predicted molar refractivity (Wildman–Crippen MR) is 324 cm³/mol. The van der Waals surface area contributed by atoms with E-state index in [4.69, 9.17) is 33.9 Å². The predicted octanol–water partition coefficient (Wildman–Crippen LogP) is 17.0. The van der Waals surface area contributed by atoms with Crippen molar-refractivity contribution >= 4 is 11.9 Å². The summed E-state index contributed by atoms with van der Waals surface area (Å²) in [5.74, 6) is 2.90. The molecule has 0 aromatic heterocycles. The summed E-state index contributed by atoms with van der Waals surface area (Å²) in [5, 5.41) is 30.2. The summed E-state index contributed by atoms with van der Waals surface area (Å²) in [6.07, 6.45) is 34.7. The fraction of sp³-hybridized carbons (Fsp3) is 0.623. The van der Waals surface area contributed by atoms with Gasteiger partial charge in [0.25, 0.3) is 0 Å². The van der Waals surface area contributed by atoms with Crippen LogP contribution in [0.2, 0.25) is 0 Å². The topological polar surface area (TPSA) is 141 Å². The highest BCUT2D eigenvalue weighted by molar-refractivity contribution is 5.67. The van der Waals surface area contributed by atoms with Gasteiger partial charge < -0.3 is 48.0 Å². The number of phenols is 1. The van der Waals surface area contributed by atoms with E-state index < -0.39 is 11.9 Å². The summed E-state index contributed by atoms with van der Waals surface area (Å²) in [5.41, 5.74) is 7.08. The van der Waals surface area contributed by atoms with Gasteiger partial charge in [-0.05, 0) is 103 Å². The molecule has 0 amide bonds. The molecule has 12 nitrogen and oxygen atoms in total. The Hall–Kier alpha value is -5.46. The number of carboxylic acids is 2. The number of benzene rings is 4. The minimum Gasteiger partial charge on any atom is -0.502 e. The van der Waals surface area contributed by atoms with E-state index in [1.807, 2.05) is 12.1 Å². The number of ether oxygens (including phenoxy) is 5. The van der Waals surface area contributed by atoms with Crippen molar-refractivity contribution in [2.45, 2.75) is 218 Å². The Morgan fingerprint density at radius 3 is 1.40 bits per heavy atom. The van der Waals surface area contributed by atoms with Gasteiger partial charge in [0.15, 0.2) is 34.5 Å². The van der Waals surface area contributed by atoms with Crippen LogP contribution in [-0.2, 0) is 35.3 Å². The minimum atomic E-state index is -0.687. The van der Waals surface area contributed by atoms with Crippen LogP contribution in [0, 0.1) is 0 Å². The van der Waals surface area contributed by atoms with Gasteiger partial charge in [0.2, 0.25) is 5.75 Å². The number of rotatable bonds is 35. The fourth-order valence-electron chi connectivity index (χ4n) is 13.5. The Kier molecular flexibility index (Phi) is 25.3. The van der Waals surface area contributed by atoms with E-state index in [1.54, 1.807) is 21.3 Å². The number of aromatic hydroxyl groups is 1. The van der Waals surface area contributed by atoms with Gasteiger partial charge in [-0.3, -0.25) is 9.59 Å². The lowest BCUT2D eigenvalue weighted by Crippen LogP contribution is -2.52. The lowest BCUT2D eigenvalue weighted by atomic mass is 9.84. The summed E-state index contributed by atoms with van der Waals surface area (Å²) >= 11 is 0. The molecule has 0 saturated heterocycles. The van der Waals surface area contributed by atoms with E-state index in [9.17, 15) is 14.7 Å². The number of phenolic OH excluding ortho intramolecular Hbond substituents is 1. The first-order valence-electron chi connectivity index (χ1n) is 31.7. The number of unbranched alkanes of at least 4 members (excludes halogenated alkanes) is 24. The molecule has 0 fully saturated rings. The van der Waals surface area contributed by atoms with Crippen molar-refractivity contribution in [3.8, 4) is 46.0 Å². The highest BCUT2D eigenvalue weighted by atomic mass is 16.5. The summed E-state index contributed by atoms with van der Waals surface area (Å²) in [6.45, 7) is 4.05. The third-order valence-electron chi connectivity index (χ3n) is 18.5. The van der Waals surface area contributed by atoms with E-state index in [0.29, 0.717) is 53.8 Å². The van der Waals surface area contributed by atoms with Crippen molar-refractivity contribution in [1.29, 1.82) is 0 Å². The normalized spacial score (nSPS) is 19.2. The highest BCUT2D eigenvalue weighted by Gasteiger charge is 2.44. The zero-order valence-corrected chi connectivity index (χ0v) is 50.5. The first-order valence-corrected chi connectivity index (χ1v) is 31.7. The quantitative estimate of drug-likeness (QED) is 0.0301. The summed E-state index contributed by atoms with van der Waals surface area (Å²) < 4.78 is 33.9. The Morgan fingerprint density at radius 2 is 0.901 bits per heavy atom. The Balaban J connectivity index is 1.09. The van der Waals surface area contributed by atoms with Crippen LogP contribution in [0.5, 0.6) is 46.0 Å².